The number of ether oxygens (including phenoxy) is 1. The van der Waals surface area contributed by atoms with Gasteiger partial charge in [-0.3, -0.25) is 0 Å². The van der Waals surface area contributed by atoms with E-state index in [9.17, 15) is 4.79 Å². The number of carbonyl (C=O) groups excluding carboxylic acids is 1. The second-order valence-corrected chi connectivity index (χ2v) is 4.11. The van der Waals surface area contributed by atoms with Crippen molar-refractivity contribution >= 4 is 11.8 Å². The molecule has 1 aromatic rings. The fourth-order valence-corrected chi connectivity index (χ4v) is 2.03. The number of anilines is 1. The molecule has 0 saturated heterocycles. The minimum Gasteiger partial charge on any atom is -0.464 e. The van der Waals surface area contributed by atoms with Gasteiger partial charge in [-0.2, -0.15) is 0 Å². The summed E-state index contributed by atoms with van der Waals surface area (Å²) in [6.45, 7) is 6.20. The van der Waals surface area contributed by atoms with Gasteiger partial charge in [-0.1, -0.05) is 20.3 Å². The van der Waals surface area contributed by atoms with Crippen LogP contribution in [-0.2, 0) is 11.2 Å². The zero-order chi connectivity index (χ0) is 13.0. The Morgan fingerprint density at radius 1 is 1.53 bits per heavy atom. The summed E-state index contributed by atoms with van der Waals surface area (Å²) in [7, 11) is 1.34. The predicted octanol–water partition coefficient (Wildman–Crippen LogP) is 2.18. The lowest BCUT2D eigenvalue weighted by atomic mass is 10.2. The molecule has 0 radical (unpaired) electrons. The lowest BCUT2D eigenvalue weighted by Gasteiger charge is -2.16. The number of nitrogens with two attached hydrogens (primary N) is 1. The first-order chi connectivity index (χ1) is 8.06. The van der Waals surface area contributed by atoms with E-state index in [0.29, 0.717) is 5.82 Å². The highest BCUT2D eigenvalue weighted by Gasteiger charge is 2.22. The molecule has 17 heavy (non-hydrogen) atoms. The molecule has 5 heteroatoms. The molecule has 0 spiro atoms. The molecule has 0 aromatic carbocycles. The van der Waals surface area contributed by atoms with Gasteiger partial charge >= 0.3 is 5.97 Å². The SMILES string of the molecule is CCCC(C)n1c(CC)nc(C(=O)OC)c1N. The van der Waals surface area contributed by atoms with Gasteiger partial charge in [-0.15, -0.1) is 0 Å². The second-order valence-electron chi connectivity index (χ2n) is 4.11. The van der Waals surface area contributed by atoms with E-state index in [1.54, 1.807) is 0 Å². The molecule has 1 atom stereocenters. The number of aryl methyl sites for hydroxylation is 1. The van der Waals surface area contributed by atoms with Crippen molar-refractivity contribution in [3.63, 3.8) is 0 Å². The van der Waals surface area contributed by atoms with Crippen molar-refractivity contribution in [1.29, 1.82) is 0 Å². The Morgan fingerprint density at radius 3 is 2.65 bits per heavy atom. The average molecular weight is 239 g/mol. The second kappa shape index (κ2) is 5.70. The number of rotatable bonds is 5. The lowest BCUT2D eigenvalue weighted by molar-refractivity contribution is 0.0595. The van der Waals surface area contributed by atoms with Gasteiger partial charge < -0.3 is 15.0 Å². The van der Waals surface area contributed by atoms with Crippen molar-refractivity contribution in [1.82, 2.24) is 9.55 Å². The average Bonchev–Trinajstić information content (AvgIpc) is 2.65. The molecule has 1 unspecified atom stereocenters. The molecule has 1 rings (SSSR count). The van der Waals surface area contributed by atoms with Crippen LogP contribution in [0.1, 0.15) is 56.0 Å². The van der Waals surface area contributed by atoms with E-state index < -0.39 is 5.97 Å². The summed E-state index contributed by atoms with van der Waals surface area (Å²) in [5.74, 6) is 0.776. The highest BCUT2D eigenvalue weighted by molar-refractivity contribution is 5.92. The molecule has 1 aromatic heterocycles. The summed E-state index contributed by atoms with van der Waals surface area (Å²) in [5.41, 5.74) is 6.22. The van der Waals surface area contributed by atoms with Crippen LogP contribution < -0.4 is 5.73 Å². The number of hydrogen-bond acceptors (Lipinski definition) is 4. The highest BCUT2D eigenvalue weighted by Crippen LogP contribution is 2.24. The molecule has 1 heterocycles. The Labute approximate surface area is 102 Å². The smallest absolute Gasteiger partial charge is 0.360 e. The topological polar surface area (TPSA) is 70.1 Å². The fraction of sp³-hybridized carbons (Fsp3) is 0.667. The van der Waals surface area contributed by atoms with Crippen LogP contribution >= 0.6 is 0 Å². The zero-order valence-corrected chi connectivity index (χ0v) is 11.0. The van der Waals surface area contributed by atoms with E-state index in [4.69, 9.17) is 5.73 Å². The largest absolute Gasteiger partial charge is 0.464 e. The van der Waals surface area contributed by atoms with E-state index in [0.717, 1.165) is 25.1 Å². The fourth-order valence-electron chi connectivity index (χ4n) is 2.03. The van der Waals surface area contributed by atoms with Gasteiger partial charge in [0.1, 0.15) is 11.6 Å². The van der Waals surface area contributed by atoms with Crippen LogP contribution in [0.3, 0.4) is 0 Å². The Balaban J connectivity index is 3.19. The van der Waals surface area contributed by atoms with Crippen LogP contribution in [0.2, 0.25) is 0 Å². The molecule has 0 saturated carbocycles. The van der Waals surface area contributed by atoms with Crippen molar-refractivity contribution in [2.24, 2.45) is 0 Å². The Kier molecular flexibility index (Phi) is 4.54. The van der Waals surface area contributed by atoms with Crippen molar-refractivity contribution in [3.05, 3.63) is 11.5 Å². The first-order valence-corrected chi connectivity index (χ1v) is 6.01. The maximum absolute atomic E-state index is 11.5. The summed E-state index contributed by atoms with van der Waals surface area (Å²) in [5, 5.41) is 0. The lowest BCUT2D eigenvalue weighted by Crippen LogP contribution is -2.13. The first-order valence-electron chi connectivity index (χ1n) is 6.01. The van der Waals surface area contributed by atoms with Gasteiger partial charge in [0.05, 0.1) is 7.11 Å². The minimum atomic E-state index is -0.473. The van der Waals surface area contributed by atoms with Crippen LogP contribution in [-0.4, -0.2) is 22.6 Å². The number of aromatic nitrogens is 2. The zero-order valence-electron chi connectivity index (χ0n) is 11.0. The highest BCUT2D eigenvalue weighted by atomic mass is 16.5. The first kappa shape index (κ1) is 13.5. The van der Waals surface area contributed by atoms with Crippen LogP contribution in [0.4, 0.5) is 5.82 Å². The van der Waals surface area contributed by atoms with E-state index in [2.05, 4.69) is 23.6 Å². The van der Waals surface area contributed by atoms with Crippen molar-refractivity contribution in [2.45, 2.75) is 46.1 Å². The predicted molar refractivity (Wildman–Crippen MR) is 67.0 cm³/mol. The van der Waals surface area contributed by atoms with E-state index >= 15 is 0 Å². The van der Waals surface area contributed by atoms with Crippen LogP contribution in [0.25, 0.3) is 0 Å². The Bertz CT molecular complexity index is 399. The van der Waals surface area contributed by atoms with Crippen LogP contribution in [0.15, 0.2) is 0 Å². The molecule has 0 aliphatic heterocycles. The number of esters is 1. The van der Waals surface area contributed by atoms with Gasteiger partial charge in [0, 0.05) is 12.5 Å². The maximum Gasteiger partial charge on any atom is 0.360 e. The number of nitrogens with zero attached hydrogens (tertiary/aromatic N) is 2. The molecular formula is C12H21N3O2. The number of methoxy groups -OCH3 is 1. The third-order valence-corrected chi connectivity index (χ3v) is 2.86. The molecule has 0 aliphatic carbocycles. The number of imidazole rings is 1. The summed E-state index contributed by atoms with van der Waals surface area (Å²) in [6.07, 6.45) is 2.82. The molecule has 0 bridgehead atoms. The molecule has 0 aliphatic rings. The maximum atomic E-state index is 11.5. The van der Waals surface area contributed by atoms with Gasteiger partial charge in [0.15, 0.2) is 5.69 Å². The summed E-state index contributed by atoms with van der Waals surface area (Å²) < 4.78 is 6.62. The van der Waals surface area contributed by atoms with E-state index in [1.165, 1.54) is 7.11 Å². The van der Waals surface area contributed by atoms with Gasteiger partial charge in [-0.25, -0.2) is 9.78 Å². The number of nitrogen functional groups attached to an aromatic ring is 1. The molecule has 0 fully saturated rings. The van der Waals surface area contributed by atoms with Crippen molar-refractivity contribution in [2.75, 3.05) is 12.8 Å². The minimum absolute atomic E-state index is 0.229. The molecule has 5 nitrogen and oxygen atoms in total. The van der Waals surface area contributed by atoms with Crippen molar-refractivity contribution < 1.29 is 9.53 Å². The van der Waals surface area contributed by atoms with Crippen LogP contribution in [0, 0.1) is 0 Å². The summed E-state index contributed by atoms with van der Waals surface area (Å²) >= 11 is 0. The van der Waals surface area contributed by atoms with Crippen LogP contribution in [0.5, 0.6) is 0 Å². The van der Waals surface area contributed by atoms with Crippen molar-refractivity contribution in [3.8, 4) is 0 Å². The number of hydrogen-bond donors (Lipinski definition) is 1. The summed E-state index contributed by atoms with van der Waals surface area (Å²) in [6, 6.07) is 0.251. The van der Waals surface area contributed by atoms with E-state index in [-0.39, 0.29) is 11.7 Å². The van der Waals surface area contributed by atoms with Gasteiger partial charge in [0.2, 0.25) is 0 Å². The molecule has 0 amide bonds. The summed E-state index contributed by atoms with van der Waals surface area (Å²) in [4.78, 5) is 15.8. The quantitative estimate of drug-likeness (QED) is 0.799. The normalized spacial score (nSPS) is 12.5. The third kappa shape index (κ3) is 2.60. The van der Waals surface area contributed by atoms with Gasteiger partial charge in [-0.05, 0) is 13.3 Å². The van der Waals surface area contributed by atoms with E-state index in [1.807, 2.05) is 11.5 Å². The standard InChI is InChI=1S/C12H21N3O2/c1-5-7-8(3)15-9(6-2)14-10(11(15)13)12(16)17-4/h8H,5-7,13H2,1-4H3. The Morgan fingerprint density at radius 2 is 2.18 bits per heavy atom. The third-order valence-electron chi connectivity index (χ3n) is 2.86. The number of carbonyl (C=O) groups is 1. The van der Waals surface area contributed by atoms with Gasteiger partial charge in [0.25, 0.3) is 0 Å². The molecular weight excluding hydrogens is 218 g/mol. The molecule has 2 N–H and O–H groups in total. The molecule has 96 valence electrons. The monoisotopic (exact) mass is 239 g/mol. The Hall–Kier alpha value is -1.52.